The summed E-state index contributed by atoms with van der Waals surface area (Å²) >= 11 is 0. The molecular formula is C92H68K8. The summed E-state index contributed by atoms with van der Waals surface area (Å²) in [4.78, 5) is 0. The third-order valence-corrected chi connectivity index (χ3v) is 18.1. The van der Waals surface area contributed by atoms with Crippen molar-refractivity contribution in [3.8, 4) is 22.3 Å². The molecule has 0 saturated heterocycles. The van der Waals surface area contributed by atoms with Gasteiger partial charge in [0.25, 0.3) is 0 Å². The SMILES string of the molecule is CC(C)(c1cc[c-]cc1)c1ccc(C(C)(C)c2cc[c-]cc2)cc1.[K+].[K+].[K+].[K+].[K+].[K+].[K+].[K+].[c-]1ccc(Cc2c3ccccc3c(Cc3cc[c-]cc3)c3ccccc23)cc1.[c-]1ccc2cc(-c3ccc4c[c-]ccc4c3)ccc2c1.[c-]1ccc2ccccc2c1-c1[c-]ccc2ccccc12. The van der Waals surface area contributed by atoms with Gasteiger partial charge in [0.05, 0.1) is 0 Å². The van der Waals surface area contributed by atoms with Crippen LogP contribution in [0, 0.1) is 48.5 Å². The van der Waals surface area contributed by atoms with Gasteiger partial charge in [-0.05, 0) is 78.6 Å². The molecule has 0 amide bonds. The molecule has 0 nitrogen and oxygen atoms in total. The average Bonchev–Trinajstić information content (AvgIpc) is 0.754. The summed E-state index contributed by atoms with van der Waals surface area (Å²) in [5.74, 6) is 0. The zero-order valence-electron chi connectivity index (χ0n) is 60.4. The Kier molecular flexibility index (Phi) is 42.9. The van der Waals surface area contributed by atoms with Crippen molar-refractivity contribution in [1.29, 1.82) is 0 Å². The molecule has 0 heterocycles. The zero-order chi connectivity index (χ0) is 62.7. The van der Waals surface area contributed by atoms with Crippen LogP contribution in [0.3, 0.4) is 0 Å². The smallest absolute Gasteiger partial charge is 0.218 e. The molecule has 0 N–H and O–H groups in total. The quantitative estimate of drug-likeness (QED) is 0.0965. The second-order valence-corrected chi connectivity index (χ2v) is 24.5. The first kappa shape index (κ1) is 92.8. The van der Waals surface area contributed by atoms with Crippen LogP contribution >= 0.6 is 0 Å². The Balaban J connectivity index is 0.000000236. The van der Waals surface area contributed by atoms with Gasteiger partial charge < -0.3 is 0 Å². The average molecular weight is 1490 g/mol. The molecule has 0 saturated carbocycles. The van der Waals surface area contributed by atoms with Crippen LogP contribution in [0.4, 0.5) is 0 Å². The van der Waals surface area contributed by atoms with Crippen LogP contribution in [0.15, 0.2) is 315 Å². The number of hydrogen-bond donors (Lipinski definition) is 0. The third-order valence-electron chi connectivity index (χ3n) is 18.1. The van der Waals surface area contributed by atoms with Crippen molar-refractivity contribution >= 4 is 64.6 Å². The molecule has 0 aliphatic heterocycles. The Morgan fingerprint density at radius 3 is 0.860 bits per heavy atom. The number of hydrogen-bond acceptors (Lipinski definition) is 0. The van der Waals surface area contributed by atoms with Gasteiger partial charge in [-0.2, -0.15) is 205 Å². The normalized spacial score (nSPS) is 10.4. The summed E-state index contributed by atoms with van der Waals surface area (Å²) in [5, 5.41) is 15.3. The van der Waals surface area contributed by atoms with Crippen molar-refractivity contribution < 1.29 is 411 Å². The van der Waals surface area contributed by atoms with Crippen molar-refractivity contribution in [3.05, 3.63) is 408 Å². The van der Waals surface area contributed by atoms with Gasteiger partial charge in [-0.15, -0.1) is 90.6 Å². The molecule has 16 rings (SSSR count). The van der Waals surface area contributed by atoms with Gasteiger partial charge in [-0.1, -0.05) is 161 Å². The van der Waals surface area contributed by atoms with Crippen molar-refractivity contribution in [2.45, 2.75) is 51.4 Å². The first-order chi connectivity index (χ1) is 45.2. The van der Waals surface area contributed by atoms with Crippen molar-refractivity contribution in [2.24, 2.45) is 0 Å². The summed E-state index contributed by atoms with van der Waals surface area (Å²) < 4.78 is 0. The van der Waals surface area contributed by atoms with E-state index in [1.807, 2.05) is 84.9 Å². The van der Waals surface area contributed by atoms with E-state index in [4.69, 9.17) is 0 Å². The van der Waals surface area contributed by atoms with Gasteiger partial charge in [-0.25, -0.2) is 11.1 Å². The molecular weight excluding hydrogens is 1420 g/mol. The predicted octanol–water partition coefficient (Wildman–Crippen LogP) is -0.733. The van der Waals surface area contributed by atoms with Gasteiger partial charge in [0.1, 0.15) is 0 Å². The van der Waals surface area contributed by atoms with Crippen LogP contribution in [0.25, 0.3) is 86.9 Å². The Bertz CT molecular complexity index is 4770. The number of benzene rings is 16. The largest absolute Gasteiger partial charge is 1.00 e. The maximum absolute atomic E-state index is 3.39. The molecule has 0 fully saturated rings. The molecule has 0 atom stereocenters. The molecule has 0 aromatic heterocycles. The van der Waals surface area contributed by atoms with Gasteiger partial charge in [0.2, 0.25) is 0 Å². The van der Waals surface area contributed by atoms with E-state index in [2.05, 4.69) is 307 Å². The Labute approximate surface area is 934 Å². The first-order valence-electron chi connectivity index (χ1n) is 31.6. The number of fused-ring (bicyclic) bond motifs is 6. The monoisotopic (exact) mass is 1480 g/mol. The zero-order valence-corrected chi connectivity index (χ0v) is 85.4. The molecule has 0 aliphatic rings. The van der Waals surface area contributed by atoms with Gasteiger partial charge in [-0.3, -0.25) is 0 Å². The molecule has 100 heavy (non-hydrogen) atoms. The summed E-state index contributed by atoms with van der Waals surface area (Å²) in [7, 11) is 0. The molecule has 8 heteroatoms. The summed E-state index contributed by atoms with van der Waals surface area (Å²) in [6, 6.07) is 136. The van der Waals surface area contributed by atoms with Crippen LogP contribution in [0.5, 0.6) is 0 Å². The van der Waals surface area contributed by atoms with Crippen molar-refractivity contribution in [2.75, 3.05) is 0 Å². The minimum Gasteiger partial charge on any atom is -0.218 e. The fourth-order valence-corrected chi connectivity index (χ4v) is 12.8. The van der Waals surface area contributed by atoms with Crippen LogP contribution < -0.4 is 411 Å². The van der Waals surface area contributed by atoms with Gasteiger partial charge >= 0.3 is 411 Å². The molecule has 444 valence electrons. The van der Waals surface area contributed by atoms with Crippen LogP contribution in [0.1, 0.15) is 72.2 Å². The summed E-state index contributed by atoms with van der Waals surface area (Å²) in [6.07, 6.45) is 1.85. The van der Waals surface area contributed by atoms with E-state index in [-0.39, 0.29) is 422 Å². The topological polar surface area (TPSA) is 0 Å². The predicted molar refractivity (Wildman–Crippen MR) is 388 cm³/mol. The first-order valence-corrected chi connectivity index (χ1v) is 31.6. The van der Waals surface area contributed by atoms with E-state index in [9.17, 15) is 0 Å². The summed E-state index contributed by atoms with van der Waals surface area (Å²) in [5.41, 5.74) is 15.4. The molecule has 0 unspecified atom stereocenters. The molecule has 16 aromatic carbocycles. The molecule has 0 spiro atoms. The number of rotatable bonds is 10. The van der Waals surface area contributed by atoms with Gasteiger partial charge in [0, 0.05) is 0 Å². The third kappa shape index (κ3) is 23.6. The van der Waals surface area contributed by atoms with E-state index in [1.54, 1.807) is 0 Å². The fraction of sp³-hybridized carbons (Fsp3) is 0.0870. The molecule has 0 aliphatic carbocycles. The Hall–Kier alpha value is 2.17. The van der Waals surface area contributed by atoms with Gasteiger partial charge in [0.15, 0.2) is 0 Å². The second-order valence-electron chi connectivity index (χ2n) is 24.5. The fourth-order valence-electron chi connectivity index (χ4n) is 12.8. The standard InChI is InChI=1S/C28H20.C24H24.2C20H12.8K/c1-3-11-21(12-4-1)19-27-23-15-7-9-17-25(23)28(20-22-13-5-2-6-14-22)26-18-10-8-16-24(26)27;1-23(2,19-11-7-5-8-12-19)21-15-17-22(18-16-21)24(3,4)20-13-9-6-10-14-20;1-3-11-17-15(7-1)9-5-13-19(17)20-14-6-10-16-8-2-4-12-18(16)20;1-3-7-17-13-19(11-9-15(17)5-1)20-12-10-16-6-2-4-8-18(16)14-20;;;;;;;;/h3-18H,19-20H2;7-18H,1-4H3;1-12H;3-14H;;;;;;;;/q4*-2;8*+1. The van der Waals surface area contributed by atoms with Crippen molar-refractivity contribution in [3.63, 3.8) is 0 Å². The summed E-state index contributed by atoms with van der Waals surface area (Å²) in [6.45, 7) is 9.09. The second kappa shape index (κ2) is 46.2. The Morgan fingerprint density at radius 1 is 0.240 bits per heavy atom. The van der Waals surface area contributed by atoms with E-state index < -0.39 is 0 Å². The van der Waals surface area contributed by atoms with E-state index >= 15 is 0 Å². The molecule has 0 bridgehead atoms. The minimum atomic E-state index is -0.0144. The van der Waals surface area contributed by atoms with Crippen LogP contribution in [-0.2, 0) is 23.7 Å². The maximum atomic E-state index is 3.39. The van der Waals surface area contributed by atoms with E-state index in [0.29, 0.717) is 0 Å². The van der Waals surface area contributed by atoms with Crippen LogP contribution in [0.2, 0.25) is 0 Å². The van der Waals surface area contributed by atoms with E-state index in [1.165, 1.54) is 120 Å². The van der Waals surface area contributed by atoms with E-state index in [0.717, 1.165) is 24.0 Å². The van der Waals surface area contributed by atoms with Crippen molar-refractivity contribution in [1.82, 2.24) is 0 Å². The molecule has 0 radical (unpaired) electrons. The maximum Gasteiger partial charge on any atom is 1.00 e. The van der Waals surface area contributed by atoms with Crippen LogP contribution in [-0.4, -0.2) is 0 Å². The minimum absolute atomic E-state index is 0. The molecule has 16 aromatic rings. The Morgan fingerprint density at radius 2 is 0.520 bits per heavy atom.